The summed E-state index contributed by atoms with van der Waals surface area (Å²) < 4.78 is 0. The van der Waals surface area contributed by atoms with Crippen molar-refractivity contribution in [1.82, 2.24) is 4.98 Å². The van der Waals surface area contributed by atoms with Gasteiger partial charge in [0.15, 0.2) is 0 Å². The number of hydrogen-bond acceptors (Lipinski definition) is 3. The van der Waals surface area contributed by atoms with E-state index in [0.717, 1.165) is 0 Å². The zero-order valence-electron chi connectivity index (χ0n) is 8.61. The molecule has 3 N–H and O–H groups in total. The third kappa shape index (κ3) is 2.27. The third-order valence-corrected chi connectivity index (χ3v) is 2.13. The van der Waals surface area contributed by atoms with Crippen molar-refractivity contribution < 1.29 is 44.3 Å². The number of carboxylic acid groups (broad SMARTS) is 1. The quantitative estimate of drug-likeness (QED) is 0.523. The third-order valence-electron chi connectivity index (χ3n) is 2.13. The molecule has 2 aromatic rings. The van der Waals surface area contributed by atoms with E-state index in [2.05, 4.69) is 4.98 Å². The van der Waals surface area contributed by atoms with Crippen LogP contribution in [-0.4, -0.2) is 16.9 Å². The number of hydrogen-bond donors (Lipinski definition) is 2. The van der Waals surface area contributed by atoms with Crippen molar-refractivity contribution in [2.24, 2.45) is 5.73 Å². The number of primary amides is 1. The van der Waals surface area contributed by atoms with E-state index in [1.165, 1.54) is 18.2 Å². The zero-order valence-corrected chi connectivity index (χ0v) is 10.6. The molecule has 1 heterocycles. The minimum Gasteiger partial charge on any atom is -0.543 e. The molecule has 0 atom stereocenters. The van der Waals surface area contributed by atoms with Crippen molar-refractivity contribution >= 4 is 22.8 Å². The number of aromatic amines is 1. The van der Waals surface area contributed by atoms with Crippen LogP contribution in [0, 0.1) is 0 Å². The van der Waals surface area contributed by atoms with Crippen LogP contribution in [0.2, 0.25) is 0 Å². The fraction of sp³-hybridized carbons (Fsp3) is 0. The van der Waals surface area contributed by atoms with E-state index >= 15 is 0 Å². The number of amides is 1. The Morgan fingerprint density at radius 2 is 1.94 bits per heavy atom. The van der Waals surface area contributed by atoms with Gasteiger partial charge in [-0.15, -0.1) is 0 Å². The van der Waals surface area contributed by atoms with Crippen LogP contribution in [0.25, 0.3) is 10.9 Å². The van der Waals surface area contributed by atoms with E-state index in [4.69, 9.17) is 5.73 Å². The Balaban J connectivity index is 0.00000128. The predicted octanol–water partition coefficient (Wildman–Crippen LogP) is -3.37. The minimum atomic E-state index is -1.29. The van der Waals surface area contributed by atoms with Crippen molar-refractivity contribution in [2.75, 3.05) is 0 Å². The first-order chi connectivity index (χ1) is 7.08. The summed E-state index contributed by atoms with van der Waals surface area (Å²) in [7, 11) is 0. The van der Waals surface area contributed by atoms with Gasteiger partial charge in [0.1, 0.15) is 0 Å². The molecule has 1 aromatic heterocycles. The van der Waals surface area contributed by atoms with Gasteiger partial charge < -0.3 is 20.6 Å². The van der Waals surface area contributed by atoms with Gasteiger partial charge in [-0.3, -0.25) is 4.79 Å². The number of aromatic nitrogens is 1. The van der Waals surface area contributed by atoms with Crippen LogP contribution in [0.15, 0.2) is 24.3 Å². The summed E-state index contributed by atoms with van der Waals surface area (Å²) >= 11 is 0. The monoisotopic (exact) mass is 226 g/mol. The number of nitrogens with one attached hydrogen (secondary N) is 1. The molecule has 0 aliphatic rings. The standard InChI is InChI=1S/C10H8N2O3.Na/c11-9(13)5-1-2-7-6(3-5)4-8(12-7)10(14)15;/h1-4,12H,(H2,11,13)(H,14,15);/q;+1/p-1. The van der Waals surface area contributed by atoms with E-state index in [1.54, 1.807) is 6.07 Å². The fourth-order valence-corrected chi connectivity index (χ4v) is 1.40. The molecule has 1 amide bonds. The van der Waals surface area contributed by atoms with Gasteiger partial charge in [-0.05, 0) is 24.3 Å². The molecule has 2 rings (SSSR count). The van der Waals surface area contributed by atoms with Crippen molar-refractivity contribution in [3.05, 3.63) is 35.5 Å². The predicted molar refractivity (Wildman–Crippen MR) is 51.1 cm³/mol. The molecule has 6 heteroatoms. The summed E-state index contributed by atoms with van der Waals surface area (Å²) in [5.41, 5.74) is 6.04. The first-order valence-corrected chi connectivity index (χ1v) is 4.22. The van der Waals surface area contributed by atoms with E-state index < -0.39 is 11.9 Å². The Labute approximate surface area is 113 Å². The molecule has 0 radical (unpaired) electrons. The average Bonchev–Trinajstić information content (AvgIpc) is 2.59. The average molecular weight is 226 g/mol. The maximum atomic E-state index is 10.9. The number of carbonyl (C=O) groups is 2. The molecule has 0 saturated heterocycles. The molecule has 1 aromatic carbocycles. The van der Waals surface area contributed by atoms with Gasteiger partial charge in [0, 0.05) is 16.5 Å². The van der Waals surface area contributed by atoms with E-state index in [1.807, 2.05) is 0 Å². The van der Waals surface area contributed by atoms with Crippen molar-refractivity contribution in [2.45, 2.75) is 0 Å². The van der Waals surface area contributed by atoms with Crippen LogP contribution >= 0.6 is 0 Å². The Morgan fingerprint density at radius 1 is 1.25 bits per heavy atom. The summed E-state index contributed by atoms with van der Waals surface area (Å²) in [6.07, 6.45) is 0. The molecular formula is C10H7N2NaO3. The summed E-state index contributed by atoms with van der Waals surface area (Å²) in [4.78, 5) is 24.1. The molecule has 0 unspecified atom stereocenters. The van der Waals surface area contributed by atoms with Crippen molar-refractivity contribution in [1.29, 1.82) is 0 Å². The van der Waals surface area contributed by atoms with Gasteiger partial charge in [0.05, 0.1) is 11.7 Å². The molecule has 0 spiro atoms. The molecule has 76 valence electrons. The second kappa shape index (κ2) is 4.69. The Kier molecular flexibility index (Phi) is 3.74. The van der Waals surface area contributed by atoms with Gasteiger partial charge >= 0.3 is 29.6 Å². The first-order valence-electron chi connectivity index (χ1n) is 4.22. The van der Waals surface area contributed by atoms with Crippen LogP contribution in [0.1, 0.15) is 20.8 Å². The topological polar surface area (TPSA) is 99.0 Å². The van der Waals surface area contributed by atoms with Gasteiger partial charge in [0.2, 0.25) is 5.91 Å². The number of nitrogens with two attached hydrogens (primary N) is 1. The van der Waals surface area contributed by atoms with Crippen LogP contribution in [0.4, 0.5) is 0 Å². The fourth-order valence-electron chi connectivity index (χ4n) is 1.40. The van der Waals surface area contributed by atoms with Gasteiger partial charge in [-0.1, -0.05) is 0 Å². The summed E-state index contributed by atoms with van der Waals surface area (Å²) in [5, 5.41) is 11.2. The maximum absolute atomic E-state index is 10.9. The van der Waals surface area contributed by atoms with Crippen LogP contribution in [-0.2, 0) is 0 Å². The molecular weight excluding hydrogens is 219 g/mol. The van der Waals surface area contributed by atoms with E-state index in [0.29, 0.717) is 16.5 Å². The van der Waals surface area contributed by atoms with Gasteiger partial charge in [0.25, 0.3) is 0 Å². The molecule has 0 aliphatic heterocycles. The molecule has 0 saturated carbocycles. The first kappa shape index (κ1) is 12.8. The zero-order chi connectivity index (χ0) is 11.0. The number of aromatic carboxylic acids is 1. The number of carboxylic acids is 1. The van der Waals surface area contributed by atoms with Crippen molar-refractivity contribution in [3.8, 4) is 0 Å². The van der Waals surface area contributed by atoms with Crippen LogP contribution in [0.3, 0.4) is 0 Å². The largest absolute Gasteiger partial charge is 1.00 e. The minimum absolute atomic E-state index is 0. The molecule has 16 heavy (non-hydrogen) atoms. The molecule has 0 aliphatic carbocycles. The molecule has 5 nitrogen and oxygen atoms in total. The van der Waals surface area contributed by atoms with Crippen molar-refractivity contribution in [3.63, 3.8) is 0 Å². The van der Waals surface area contributed by atoms with Crippen LogP contribution in [0.5, 0.6) is 0 Å². The smallest absolute Gasteiger partial charge is 0.543 e. The Hall–Kier alpha value is -1.30. The van der Waals surface area contributed by atoms with Gasteiger partial charge in [-0.25, -0.2) is 0 Å². The normalized spacial score (nSPS) is 9.75. The number of fused-ring (bicyclic) bond motifs is 1. The summed E-state index contributed by atoms with van der Waals surface area (Å²) in [6, 6.07) is 6.06. The number of carbonyl (C=O) groups excluding carboxylic acids is 2. The van der Waals surface area contributed by atoms with E-state index in [9.17, 15) is 14.7 Å². The number of H-pyrrole nitrogens is 1. The summed E-state index contributed by atoms with van der Waals surface area (Å²) in [6.45, 7) is 0. The SMILES string of the molecule is NC(=O)c1ccc2[nH]c(C(=O)[O-])cc2c1.[Na+]. The molecule has 0 bridgehead atoms. The Morgan fingerprint density at radius 3 is 2.50 bits per heavy atom. The number of rotatable bonds is 2. The second-order valence-electron chi connectivity index (χ2n) is 3.14. The second-order valence-corrected chi connectivity index (χ2v) is 3.14. The maximum Gasteiger partial charge on any atom is 1.00 e. The summed E-state index contributed by atoms with van der Waals surface area (Å²) in [5.74, 6) is -1.83. The van der Waals surface area contributed by atoms with E-state index in [-0.39, 0.29) is 35.3 Å². The van der Waals surface area contributed by atoms with Crippen LogP contribution < -0.4 is 40.4 Å². The van der Waals surface area contributed by atoms with Gasteiger partial charge in [-0.2, -0.15) is 0 Å². The Bertz CT molecular complexity index is 550. The number of benzene rings is 1. The molecule has 0 fully saturated rings.